The fraction of sp³-hybridized carbons (Fsp3) is 0.250. The van der Waals surface area contributed by atoms with Crippen molar-refractivity contribution < 1.29 is 9.90 Å². The van der Waals surface area contributed by atoms with Gasteiger partial charge in [0.25, 0.3) is 0 Å². The van der Waals surface area contributed by atoms with E-state index in [-0.39, 0.29) is 17.6 Å². The third-order valence-corrected chi connectivity index (χ3v) is 6.94. The van der Waals surface area contributed by atoms with Crippen molar-refractivity contribution in [3.8, 4) is 0 Å². The maximum absolute atomic E-state index is 12.9. The van der Waals surface area contributed by atoms with Crippen LogP contribution in [-0.4, -0.2) is 16.5 Å². The monoisotopic (exact) mass is 394 g/mol. The van der Waals surface area contributed by atoms with Crippen molar-refractivity contribution in [3.63, 3.8) is 0 Å². The van der Waals surface area contributed by atoms with E-state index < -0.39 is 11.5 Å². The lowest BCUT2D eigenvalue weighted by Crippen LogP contribution is -2.36. The third-order valence-electron chi connectivity index (χ3n) is 6.94. The molecule has 0 bridgehead atoms. The predicted octanol–water partition coefficient (Wildman–Crippen LogP) is 6.22. The molecule has 150 valence electrons. The van der Waals surface area contributed by atoms with Crippen molar-refractivity contribution in [2.24, 2.45) is 5.92 Å². The summed E-state index contributed by atoms with van der Waals surface area (Å²) in [7, 11) is 0. The first-order chi connectivity index (χ1) is 14.5. The quantitative estimate of drug-likeness (QED) is 0.448. The molecule has 0 aromatic heterocycles. The minimum Gasteiger partial charge on any atom is -0.389 e. The molecule has 0 spiro atoms. The minimum atomic E-state index is -1.05. The molecule has 1 saturated carbocycles. The first-order valence-electron chi connectivity index (χ1n) is 10.7. The molecule has 0 amide bonds. The van der Waals surface area contributed by atoms with Gasteiger partial charge in [0.1, 0.15) is 5.78 Å². The first kappa shape index (κ1) is 19.0. The Bertz CT molecular complexity index is 1240. The lowest BCUT2D eigenvalue weighted by molar-refractivity contribution is -0.127. The van der Waals surface area contributed by atoms with E-state index in [0.29, 0.717) is 6.42 Å². The Morgan fingerprint density at radius 1 is 0.800 bits per heavy atom. The van der Waals surface area contributed by atoms with Crippen LogP contribution in [0.1, 0.15) is 43.2 Å². The highest BCUT2D eigenvalue weighted by Crippen LogP contribution is 2.56. The number of hydrogen-bond acceptors (Lipinski definition) is 2. The van der Waals surface area contributed by atoms with Crippen molar-refractivity contribution in [1.29, 1.82) is 0 Å². The van der Waals surface area contributed by atoms with Gasteiger partial charge in [-0.3, -0.25) is 4.79 Å². The predicted molar refractivity (Wildman–Crippen MR) is 123 cm³/mol. The largest absolute Gasteiger partial charge is 0.389 e. The van der Waals surface area contributed by atoms with Gasteiger partial charge in [0.15, 0.2) is 0 Å². The number of carbonyl (C=O) groups excluding carboxylic acids is 1. The average Bonchev–Trinajstić information content (AvgIpc) is 3.04. The third kappa shape index (κ3) is 2.95. The summed E-state index contributed by atoms with van der Waals surface area (Å²) in [6.07, 6.45) is 0.569. The number of rotatable bonds is 3. The summed E-state index contributed by atoms with van der Waals surface area (Å²) in [5.41, 5.74) is 1.33. The second-order valence-electron chi connectivity index (χ2n) is 8.92. The van der Waals surface area contributed by atoms with E-state index in [1.807, 2.05) is 13.0 Å². The Balaban J connectivity index is 1.78. The van der Waals surface area contributed by atoms with Crippen molar-refractivity contribution >= 4 is 27.3 Å². The zero-order valence-electron chi connectivity index (χ0n) is 17.4. The van der Waals surface area contributed by atoms with Crippen molar-refractivity contribution in [2.45, 2.75) is 37.7 Å². The Morgan fingerprint density at radius 2 is 1.30 bits per heavy atom. The molecule has 0 saturated heterocycles. The van der Waals surface area contributed by atoms with Crippen LogP contribution in [0.4, 0.5) is 0 Å². The molecule has 4 aromatic rings. The number of hydrogen-bond donors (Lipinski definition) is 1. The van der Waals surface area contributed by atoms with Gasteiger partial charge in [-0.15, -0.1) is 0 Å². The van der Waals surface area contributed by atoms with Crippen LogP contribution in [0.5, 0.6) is 0 Å². The molecular weight excluding hydrogens is 368 g/mol. The molecule has 5 rings (SSSR count). The molecule has 1 fully saturated rings. The lowest BCUT2D eigenvalue weighted by Gasteiger charge is -2.29. The molecule has 1 aliphatic carbocycles. The molecule has 0 aliphatic heterocycles. The van der Waals surface area contributed by atoms with Gasteiger partial charge in [0, 0.05) is 5.92 Å². The van der Waals surface area contributed by atoms with E-state index in [1.54, 1.807) is 6.92 Å². The van der Waals surface area contributed by atoms with Crippen LogP contribution in [0.25, 0.3) is 21.5 Å². The number of carbonyl (C=O) groups is 1. The molecule has 1 N–H and O–H groups in total. The summed E-state index contributed by atoms with van der Waals surface area (Å²) in [4.78, 5) is 12.9. The molecule has 0 radical (unpaired) electrons. The molecule has 30 heavy (non-hydrogen) atoms. The highest BCUT2D eigenvalue weighted by molar-refractivity contribution is 5.90. The summed E-state index contributed by atoms with van der Waals surface area (Å²) in [5, 5.41) is 16.1. The standard InChI is InChI=1S/C28H26O2/c1-18(29)27-26(24-16-8-12-20-10-4-6-14-22(20)24)25(17-28(27,2)30)23-15-7-11-19-9-3-5-13-21(19)23/h3-16,25-27,30H,17H2,1-2H3/t25-,26-,27+,28-/m1/s1. The summed E-state index contributed by atoms with van der Waals surface area (Å²) >= 11 is 0. The summed E-state index contributed by atoms with van der Waals surface area (Å²) < 4.78 is 0. The van der Waals surface area contributed by atoms with Crippen LogP contribution in [-0.2, 0) is 4.79 Å². The maximum Gasteiger partial charge on any atom is 0.136 e. The Hall–Kier alpha value is -2.97. The summed E-state index contributed by atoms with van der Waals surface area (Å²) in [5.74, 6) is -0.395. The number of Topliss-reactive ketones (excluding diaryl/α,β-unsaturated/α-hetero) is 1. The molecule has 0 heterocycles. The molecule has 0 unspecified atom stereocenters. The molecule has 2 heteroatoms. The van der Waals surface area contributed by atoms with Crippen molar-refractivity contribution in [2.75, 3.05) is 0 Å². The average molecular weight is 395 g/mol. The Kier molecular flexibility index (Phi) is 4.48. The van der Waals surface area contributed by atoms with Crippen LogP contribution in [0.3, 0.4) is 0 Å². The van der Waals surface area contributed by atoms with E-state index in [0.717, 1.165) is 5.56 Å². The van der Waals surface area contributed by atoms with Crippen molar-refractivity contribution in [1.82, 2.24) is 0 Å². The minimum absolute atomic E-state index is 0.0562. The summed E-state index contributed by atoms with van der Waals surface area (Å²) in [6, 6.07) is 29.4. The van der Waals surface area contributed by atoms with Gasteiger partial charge < -0.3 is 5.11 Å². The van der Waals surface area contributed by atoms with Gasteiger partial charge in [-0.05, 0) is 58.9 Å². The van der Waals surface area contributed by atoms with Gasteiger partial charge in [-0.2, -0.15) is 0 Å². The molecular formula is C28H26O2. The van der Waals surface area contributed by atoms with Gasteiger partial charge >= 0.3 is 0 Å². The van der Waals surface area contributed by atoms with E-state index >= 15 is 0 Å². The van der Waals surface area contributed by atoms with Gasteiger partial charge in [0.05, 0.1) is 11.5 Å². The van der Waals surface area contributed by atoms with E-state index in [4.69, 9.17) is 0 Å². The molecule has 4 aromatic carbocycles. The fourth-order valence-electron chi connectivity index (χ4n) is 5.82. The second-order valence-corrected chi connectivity index (χ2v) is 8.92. The van der Waals surface area contributed by atoms with Gasteiger partial charge in [0.2, 0.25) is 0 Å². The molecule has 2 nitrogen and oxygen atoms in total. The van der Waals surface area contributed by atoms with Gasteiger partial charge in [-0.1, -0.05) is 84.9 Å². The van der Waals surface area contributed by atoms with E-state index in [2.05, 4.69) is 78.9 Å². The highest BCUT2D eigenvalue weighted by Gasteiger charge is 2.53. The summed E-state index contributed by atoms with van der Waals surface area (Å²) in [6.45, 7) is 3.46. The van der Waals surface area contributed by atoms with E-state index in [1.165, 1.54) is 27.1 Å². The zero-order chi connectivity index (χ0) is 20.9. The van der Waals surface area contributed by atoms with Crippen LogP contribution in [0.2, 0.25) is 0 Å². The topological polar surface area (TPSA) is 37.3 Å². The smallest absolute Gasteiger partial charge is 0.136 e. The molecule has 4 atom stereocenters. The Labute approximate surface area is 177 Å². The maximum atomic E-state index is 12.9. The zero-order valence-corrected chi connectivity index (χ0v) is 17.4. The van der Waals surface area contributed by atoms with E-state index in [9.17, 15) is 9.90 Å². The van der Waals surface area contributed by atoms with Crippen LogP contribution in [0, 0.1) is 5.92 Å². The van der Waals surface area contributed by atoms with Crippen LogP contribution < -0.4 is 0 Å². The number of fused-ring (bicyclic) bond motifs is 2. The van der Waals surface area contributed by atoms with Gasteiger partial charge in [-0.25, -0.2) is 0 Å². The normalized spacial score (nSPS) is 26.3. The highest BCUT2D eigenvalue weighted by atomic mass is 16.3. The fourth-order valence-corrected chi connectivity index (χ4v) is 5.82. The lowest BCUT2D eigenvalue weighted by atomic mass is 9.75. The van der Waals surface area contributed by atoms with Crippen LogP contribution in [0.15, 0.2) is 84.9 Å². The SMILES string of the molecule is CC(=O)[C@H]1[C@H](c2cccc3ccccc23)[C@@H](c2cccc3ccccc23)C[C@@]1(C)O. The van der Waals surface area contributed by atoms with Crippen LogP contribution >= 0.6 is 0 Å². The second kappa shape index (κ2) is 7.07. The number of benzene rings is 4. The van der Waals surface area contributed by atoms with Crippen molar-refractivity contribution in [3.05, 3.63) is 96.1 Å². The Morgan fingerprint density at radius 3 is 1.90 bits per heavy atom. The first-order valence-corrected chi connectivity index (χ1v) is 10.7. The number of ketones is 1. The number of aliphatic hydroxyl groups is 1. The molecule has 1 aliphatic rings.